The Bertz CT molecular complexity index is 1380. The first-order valence-electron chi connectivity index (χ1n) is 12.4. The van der Waals surface area contributed by atoms with E-state index < -0.39 is 23.6 Å². The second-order valence-corrected chi connectivity index (χ2v) is 8.65. The predicted octanol–water partition coefficient (Wildman–Crippen LogP) is 4.38. The summed E-state index contributed by atoms with van der Waals surface area (Å²) in [7, 11) is 0. The summed E-state index contributed by atoms with van der Waals surface area (Å²) in [6.45, 7) is 2.17. The smallest absolute Gasteiger partial charge is 0.441 e. The standard InChI is InChI=1S/C30H28N4O4/c1-2-38-30(37)28(32-31)26(35)19-20-33-25-16-10-9-15-24(25)29(36)34(21-23-13-7-4-8-14-23)27(33)18-17-22-11-5-3-6-12-22/h3-18,27H,2,19-21H2,1H3/b18-17+. The Morgan fingerprint density at radius 3 is 2.29 bits per heavy atom. The Balaban J connectivity index is 1.71. The van der Waals surface area contributed by atoms with E-state index in [0.717, 1.165) is 11.1 Å². The molecule has 0 radical (unpaired) electrons. The lowest BCUT2D eigenvalue weighted by molar-refractivity contribution is -0.141. The van der Waals surface area contributed by atoms with Crippen LogP contribution < -0.4 is 4.90 Å². The number of hydrogen-bond acceptors (Lipinski definition) is 5. The van der Waals surface area contributed by atoms with E-state index in [1.807, 2.05) is 89.8 Å². The highest BCUT2D eigenvalue weighted by Gasteiger charge is 2.38. The van der Waals surface area contributed by atoms with E-state index in [1.54, 1.807) is 24.0 Å². The minimum absolute atomic E-state index is 0.0492. The fraction of sp³-hybridized carbons (Fsp3) is 0.200. The molecule has 3 aromatic carbocycles. The first-order chi connectivity index (χ1) is 18.5. The summed E-state index contributed by atoms with van der Waals surface area (Å²) in [5.74, 6) is -1.75. The summed E-state index contributed by atoms with van der Waals surface area (Å²) in [6.07, 6.45) is 3.22. The van der Waals surface area contributed by atoms with Crippen LogP contribution in [-0.4, -0.2) is 52.4 Å². The summed E-state index contributed by atoms with van der Waals surface area (Å²) in [5.41, 5.74) is 11.8. The molecule has 1 aliphatic heterocycles. The van der Waals surface area contributed by atoms with Crippen LogP contribution >= 0.6 is 0 Å². The van der Waals surface area contributed by atoms with Gasteiger partial charge in [-0.05, 0) is 36.3 Å². The van der Waals surface area contributed by atoms with Crippen LogP contribution in [0.15, 0.2) is 91.0 Å². The number of anilines is 1. The molecule has 0 saturated carbocycles. The Hall–Kier alpha value is -4.81. The van der Waals surface area contributed by atoms with Crippen molar-refractivity contribution in [1.82, 2.24) is 4.90 Å². The second-order valence-electron chi connectivity index (χ2n) is 8.65. The lowest BCUT2D eigenvalue weighted by Crippen LogP contribution is -2.54. The van der Waals surface area contributed by atoms with Crippen LogP contribution in [0.2, 0.25) is 0 Å². The van der Waals surface area contributed by atoms with E-state index in [1.165, 1.54) is 0 Å². The lowest BCUT2D eigenvalue weighted by atomic mass is 10.0. The molecule has 192 valence electrons. The molecule has 0 N–H and O–H groups in total. The quantitative estimate of drug-likeness (QED) is 0.133. The van der Waals surface area contributed by atoms with Gasteiger partial charge < -0.3 is 20.1 Å². The highest BCUT2D eigenvalue weighted by atomic mass is 16.5. The van der Waals surface area contributed by atoms with Gasteiger partial charge in [0.15, 0.2) is 0 Å². The molecule has 0 bridgehead atoms. The van der Waals surface area contributed by atoms with E-state index in [0.29, 0.717) is 17.8 Å². The first kappa shape index (κ1) is 26.3. The summed E-state index contributed by atoms with van der Waals surface area (Å²) >= 11 is 0. The number of hydrogen-bond donors (Lipinski definition) is 0. The SMILES string of the molecule is CCOC(=O)C(=[N+]=[N-])C(=O)CCN1c2ccccc2C(=O)N(Cc2ccccc2)C1/C=C/c1ccccc1. The molecular weight excluding hydrogens is 480 g/mol. The van der Waals surface area contributed by atoms with Crippen molar-refractivity contribution in [3.8, 4) is 0 Å². The topological polar surface area (TPSA) is 103 Å². The number of fused-ring (bicyclic) bond motifs is 1. The molecule has 1 unspecified atom stereocenters. The fourth-order valence-electron chi connectivity index (χ4n) is 4.41. The molecule has 0 fully saturated rings. The van der Waals surface area contributed by atoms with Crippen LogP contribution in [0, 0.1) is 0 Å². The largest absolute Gasteiger partial charge is 0.457 e. The monoisotopic (exact) mass is 508 g/mol. The van der Waals surface area contributed by atoms with Crippen LogP contribution in [0.4, 0.5) is 5.69 Å². The summed E-state index contributed by atoms with van der Waals surface area (Å²) in [4.78, 5) is 45.3. The zero-order chi connectivity index (χ0) is 26.9. The van der Waals surface area contributed by atoms with Gasteiger partial charge in [0.25, 0.3) is 11.7 Å². The zero-order valence-electron chi connectivity index (χ0n) is 21.1. The number of amides is 1. The minimum atomic E-state index is -0.972. The van der Waals surface area contributed by atoms with Crippen LogP contribution in [-0.2, 0) is 20.9 Å². The molecule has 1 heterocycles. The van der Waals surface area contributed by atoms with E-state index in [2.05, 4.69) is 4.79 Å². The van der Waals surface area contributed by atoms with Gasteiger partial charge in [0.1, 0.15) is 6.17 Å². The lowest BCUT2D eigenvalue weighted by Gasteiger charge is -2.44. The molecule has 0 saturated heterocycles. The van der Waals surface area contributed by atoms with Crippen molar-refractivity contribution >= 4 is 35.1 Å². The third-order valence-corrected chi connectivity index (χ3v) is 6.21. The first-order valence-corrected chi connectivity index (χ1v) is 12.4. The number of ketones is 1. The number of Topliss-reactive ketones (excluding diaryl/α,β-unsaturated/α-hetero) is 1. The number of nitrogens with zero attached hydrogens (tertiary/aromatic N) is 4. The van der Waals surface area contributed by atoms with Gasteiger partial charge in [-0.3, -0.25) is 9.59 Å². The number of esters is 1. The Labute approximate surface area is 221 Å². The molecule has 1 amide bonds. The molecule has 38 heavy (non-hydrogen) atoms. The van der Waals surface area contributed by atoms with Crippen molar-refractivity contribution in [3.63, 3.8) is 0 Å². The normalized spacial score (nSPS) is 14.7. The molecule has 1 aliphatic rings. The van der Waals surface area contributed by atoms with Gasteiger partial charge >= 0.3 is 11.7 Å². The number of benzene rings is 3. The molecule has 8 nitrogen and oxygen atoms in total. The van der Waals surface area contributed by atoms with Gasteiger partial charge in [-0.1, -0.05) is 78.9 Å². The number of carbonyl (C=O) groups excluding carboxylic acids is 3. The average molecular weight is 509 g/mol. The summed E-state index contributed by atoms with van der Waals surface area (Å²) < 4.78 is 4.84. The third-order valence-electron chi connectivity index (χ3n) is 6.21. The number of carbonyl (C=O) groups is 3. The molecule has 3 aromatic rings. The van der Waals surface area contributed by atoms with Crippen molar-refractivity contribution in [1.29, 1.82) is 0 Å². The van der Waals surface area contributed by atoms with E-state index in [4.69, 9.17) is 4.74 Å². The van der Waals surface area contributed by atoms with Crippen molar-refractivity contribution in [2.24, 2.45) is 0 Å². The fourth-order valence-corrected chi connectivity index (χ4v) is 4.41. The van der Waals surface area contributed by atoms with Crippen LogP contribution in [0.5, 0.6) is 0 Å². The van der Waals surface area contributed by atoms with Crippen molar-refractivity contribution < 1.29 is 23.9 Å². The van der Waals surface area contributed by atoms with Crippen LogP contribution in [0.1, 0.15) is 34.8 Å². The highest BCUT2D eigenvalue weighted by molar-refractivity contribution is 6.62. The Morgan fingerprint density at radius 2 is 1.61 bits per heavy atom. The maximum absolute atomic E-state index is 13.7. The van der Waals surface area contributed by atoms with Crippen LogP contribution in [0.25, 0.3) is 11.6 Å². The molecular formula is C30H28N4O4. The third kappa shape index (κ3) is 5.94. The Morgan fingerprint density at radius 1 is 0.947 bits per heavy atom. The Kier molecular flexibility index (Phi) is 8.59. The summed E-state index contributed by atoms with van der Waals surface area (Å²) in [6, 6.07) is 26.7. The molecule has 8 heteroatoms. The van der Waals surface area contributed by atoms with Gasteiger partial charge in [-0.2, -0.15) is 4.79 Å². The summed E-state index contributed by atoms with van der Waals surface area (Å²) in [5, 5.41) is 0. The zero-order valence-corrected chi connectivity index (χ0v) is 21.1. The van der Waals surface area contributed by atoms with Crippen molar-refractivity contribution in [2.45, 2.75) is 26.1 Å². The second kappa shape index (κ2) is 12.4. The number of rotatable bonds is 10. The van der Waals surface area contributed by atoms with Gasteiger partial charge in [0.2, 0.25) is 0 Å². The van der Waals surface area contributed by atoms with E-state index in [9.17, 15) is 19.9 Å². The van der Waals surface area contributed by atoms with Gasteiger partial charge in [0.05, 0.1) is 17.9 Å². The van der Waals surface area contributed by atoms with Gasteiger partial charge in [0, 0.05) is 19.5 Å². The van der Waals surface area contributed by atoms with E-state index in [-0.39, 0.29) is 25.5 Å². The molecule has 0 aromatic heterocycles. The minimum Gasteiger partial charge on any atom is -0.457 e. The van der Waals surface area contributed by atoms with Crippen molar-refractivity contribution in [2.75, 3.05) is 18.1 Å². The molecule has 1 atom stereocenters. The maximum atomic E-state index is 13.7. The van der Waals surface area contributed by atoms with Crippen molar-refractivity contribution in [3.05, 3.63) is 113 Å². The molecule has 4 rings (SSSR count). The predicted molar refractivity (Wildman–Crippen MR) is 144 cm³/mol. The van der Waals surface area contributed by atoms with E-state index >= 15 is 0 Å². The van der Waals surface area contributed by atoms with Crippen LogP contribution in [0.3, 0.4) is 0 Å². The number of ether oxygens (including phenoxy) is 1. The maximum Gasteiger partial charge on any atom is 0.441 e. The molecule has 0 spiro atoms. The molecule has 0 aliphatic carbocycles. The highest BCUT2D eigenvalue weighted by Crippen LogP contribution is 2.33. The van der Waals surface area contributed by atoms with Gasteiger partial charge in [-0.25, -0.2) is 4.79 Å². The van der Waals surface area contributed by atoms with Gasteiger partial charge in [-0.15, -0.1) is 0 Å². The average Bonchev–Trinajstić information content (AvgIpc) is 2.95. The number of para-hydroxylation sites is 1.